The van der Waals surface area contributed by atoms with Gasteiger partial charge in [0.15, 0.2) is 0 Å². The lowest BCUT2D eigenvalue weighted by Crippen LogP contribution is -2.16. The van der Waals surface area contributed by atoms with Gasteiger partial charge in [-0.05, 0) is 43.2 Å². The zero-order valence-corrected chi connectivity index (χ0v) is 13.3. The summed E-state index contributed by atoms with van der Waals surface area (Å²) in [5, 5.41) is 13.3. The van der Waals surface area contributed by atoms with Crippen molar-refractivity contribution in [3.05, 3.63) is 28.2 Å². The number of thioether (sulfide) groups is 1. The number of rotatable bonds is 5. The summed E-state index contributed by atoms with van der Waals surface area (Å²) >= 11 is 5.38. The quantitative estimate of drug-likeness (QED) is 0.839. The van der Waals surface area contributed by atoms with Crippen molar-refractivity contribution in [1.29, 1.82) is 0 Å². The second-order valence-corrected chi connectivity index (χ2v) is 7.26. The molecule has 5 heteroatoms. The lowest BCUT2D eigenvalue weighted by molar-refractivity contribution is 0.0697. The normalized spacial score (nSPS) is 22.4. The van der Waals surface area contributed by atoms with Crippen LogP contribution in [0.4, 0.5) is 5.69 Å². The molecule has 19 heavy (non-hydrogen) atoms. The summed E-state index contributed by atoms with van der Waals surface area (Å²) in [6.07, 6.45) is 3.57. The van der Waals surface area contributed by atoms with Gasteiger partial charge in [0, 0.05) is 21.5 Å². The Morgan fingerprint density at radius 2 is 2.26 bits per heavy atom. The number of nitrogens with one attached hydrogen (secondary N) is 1. The van der Waals surface area contributed by atoms with E-state index in [1.807, 2.05) is 17.8 Å². The van der Waals surface area contributed by atoms with Crippen LogP contribution in [0.3, 0.4) is 0 Å². The van der Waals surface area contributed by atoms with Crippen molar-refractivity contribution >= 4 is 39.3 Å². The van der Waals surface area contributed by atoms with Crippen LogP contribution >= 0.6 is 27.7 Å². The zero-order valence-electron chi connectivity index (χ0n) is 10.9. The van der Waals surface area contributed by atoms with Crippen molar-refractivity contribution in [2.45, 2.75) is 37.5 Å². The molecular weight excluding hydrogens is 326 g/mol. The summed E-state index contributed by atoms with van der Waals surface area (Å²) in [6, 6.07) is 5.72. The maximum absolute atomic E-state index is 11.0. The number of anilines is 1. The third kappa shape index (κ3) is 4.14. The average molecular weight is 344 g/mol. The van der Waals surface area contributed by atoms with Crippen molar-refractivity contribution in [2.75, 3.05) is 11.1 Å². The van der Waals surface area contributed by atoms with E-state index in [-0.39, 0.29) is 0 Å². The Bertz CT molecular complexity index is 467. The molecule has 0 saturated heterocycles. The standard InChI is InChI=1S/C14H18BrNO2S/c1-2-19-13-4-3-11(8-13)16-12-6-9(14(17)18)5-10(15)7-12/h5-7,11,13,16H,2-4,8H2,1H3,(H,17,18). The van der Waals surface area contributed by atoms with Crippen molar-refractivity contribution in [3.63, 3.8) is 0 Å². The number of carbonyl (C=O) groups is 1. The van der Waals surface area contributed by atoms with Gasteiger partial charge in [0.25, 0.3) is 0 Å². The molecule has 2 unspecified atom stereocenters. The number of hydrogen-bond donors (Lipinski definition) is 2. The Morgan fingerprint density at radius 1 is 1.47 bits per heavy atom. The van der Waals surface area contributed by atoms with Crippen molar-refractivity contribution < 1.29 is 9.90 Å². The van der Waals surface area contributed by atoms with E-state index in [1.165, 1.54) is 6.42 Å². The van der Waals surface area contributed by atoms with Crippen LogP contribution in [-0.2, 0) is 0 Å². The summed E-state index contributed by atoms with van der Waals surface area (Å²) in [7, 11) is 0. The van der Waals surface area contributed by atoms with Crippen LogP contribution in [0.2, 0.25) is 0 Å². The van der Waals surface area contributed by atoms with Gasteiger partial charge in [0.2, 0.25) is 0 Å². The minimum absolute atomic E-state index is 0.314. The van der Waals surface area contributed by atoms with E-state index in [9.17, 15) is 4.79 Å². The van der Waals surface area contributed by atoms with Gasteiger partial charge in [0.05, 0.1) is 5.56 Å². The molecule has 1 aliphatic rings. The Kier molecular flexibility index (Phi) is 5.16. The molecule has 2 rings (SSSR count). The Hall–Kier alpha value is -0.680. The van der Waals surface area contributed by atoms with Gasteiger partial charge in [-0.2, -0.15) is 11.8 Å². The fourth-order valence-electron chi connectivity index (χ4n) is 2.49. The van der Waals surface area contributed by atoms with Crippen LogP contribution in [0, 0.1) is 0 Å². The highest BCUT2D eigenvalue weighted by atomic mass is 79.9. The molecule has 3 nitrogen and oxygen atoms in total. The van der Waals surface area contributed by atoms with Crippen molar-refractivity contribution in [3.8, 4) is 0 Å². The van der Waals surface area contributed by atoms with E-state index in [2.05, 4.69) is 28.2 Å². The molecule has 1 aromatic rings. The van der Waals surface area contributed by atoms with Crippen LogP contribution in [-0.4, -0.2) is 28.1 Å². The first-order valence-electron chi connectivity index (χ1n) is 6.50. The average Bonchev–Trinajstić information content (AvgIpc) is 2.76. The van der Waals surface area contributed by atoms with Crippen LogP contribution in [0.15, 0.2) is 22.7 Å². The van der Waals surface area contributed by atoms with E-state index < -0.39 is 5.97 Å². The highest BCUT2D eigenvalue weighted by Gasteiger charge is 2.24. The molecule has 0 radical (unpaired) electrons. The summed E-state index contributed by atoms with van der Waals surface area (Å²) in [4.78, 5) is 11.0. The molecule has 1 saturated carbocycles. The van der Waals surface area contributed by atoms with Crippen LogP contribution in [0.1, 0.15) is 36.5 Å². The van der Waals surface area contributed by atoms with Gasteiger partial charge in [-0.25, -0.2) is 4.79 Å². The van der Waals surface area contributed by atoms with Crippen LogP contribution in [0.5, 0.6) is 0 Å². The van der Waals surface area contributed by atoms with E-state index in [0.717, 1.165) is 34.0 Å². The minimum Gasteiger partial charge on any atom is -0.478 e. The van der Waals surface area contributed by atoms with Gasteiger partial charge in [-0.1, -0.05) is 22.9 Å². The smallest absolute Gasteiger partial charge is 0.335 e. The number of benzene rings is 1. The predicted octanol–water partition coefficient (Wildman–Crippen LogP) is 4.23. The maximum Gasteiger partial charge on any atom is 0.335 e. The molecule has 0 heterocycles. The van der Waals surface area contributed by atoms with Crippen molar-refractivity contribution in [1.82, 2.24) is 0 Å². The number of carboxylic acid groups (broad SMARTS) is 1. The first-order chi connectivity index (χ1) is 9.08. The van der Waals surface area contributed by atoms with E-state index in [1.54, 1.807) is 12.1 Å². The second kappa shape index (κ2) is 6.66. The van der Waals surface area contributed by atoms with E-state index >= 15 is 0 Å². The molecule has 0 spiro atoms. The van der Waals surface area contributed by atoms with Gasteiger partial charge in [0.1, 0.15) is 0 Å². The largest absolute Gasteiger partial charge is 0.478 e. The molecule has 1 aliphatic carbocycles. The molecule has 1 fully saturated rings. The Balaban J connectivity index is 2.01. The first-order valence-corrected chi connectivity index (χ1v) is 8.34. The van der Waals surface area contributed by atoms with Crippen LogP contribution in [0.25, 0.3) is 0 Å². The summed E-state index contributed by atoms with van der Waals surface area (Å²) in [6.45, 7) is 2.19. The number of aromatic carboxylic acids is 1. The Labute approximate surface area is 126 Å². The van der Waals surface area contributed by atoms with Crippen molar-refractivity contribution in [2.24, 2.45) is 0 Å². The van der Waals surface area contributed by atoms with Gasteiger partial charge in [-0.3, -0.25) is 0 Å². The monoisotopic (exact) mass is 343 g/mol. The fourth-order valence-corrected chi connectivity index (χ4v) is 4.13. The first kappa shape index (κ1) is 14.7. The molecule has 1 aromatic carbocycles. The lowest BCUT2D eigenvalue weighted by Gasteiger charge is -2.15. The van der Waals surface area contributed by atoms with E-state index in [0.29, 0.717) is 11.6 Å². The number of carboxylic acids is 1. The minimum atomic E-state index is -0.893. The molecule has 2 atom stereocenters. The number of halogens is 1. The number of hydrogen-bond acceptors (Lipinski definition) is 3. The summed E-state index contributed by atoms with van der Waals surface area (Å²) < 4.78 is 0.799. The summed E-state index contributed by atoms with van der Waals surface area (Å²) in [5.41, 5.74) is 1.20. The van der Waals surface area contributed by atoms with Gasteiger partial charge < -0.3 is 10.4 Å². The topological polar surface area (TPSA) is 49.3 Å². The molecule has 0 aromatic heterocycles. The molecular formula is C14H18BrNO2S. The highest BCUT2D eigenvalue weighted by Crippen LogP contribution is 2.32. The molecule has 0 bridgehead atoms. The zero-order chi connectivity index (χ0) is 13.8. The maximum atomic E-state index is 11.0. The van der Waals surface area contributed by atoms with E-state index in [4.69, 9.17) is 5.11 Å². The lowest BCUT2D eigenvalue weighted by atomic mass is 10.1. The molecule has 0 amide bonds. The third-order valence-corrected chi connectivity index (χ3v) is 4.99. The molecule has 2 N–H and O–H groups in total. The fraction of sp³-hybridized carbons (Fsp3) is 0.500. The highest BCUT2D eigenvalue weighted by molar-refractivity contribution is 9.10. The molecule has 104 valence electrons. The second-order valence-electron chi connectivity index (χ2n) is 4.77. The predicted molar refractivity (Wildman–Crippen MR) is 84.3 cm³/mol. The van der Waals surface area contributed by atoms with Gasteiger partial charge in [-0.15, -0.1) is 0 Å². The molecule has 0 aliphatic heterocycles. The third-order valence-electron chi connectivity index (χ3n) is 3.30. The SMILES string of the molecule is CCSC1CCC(Nc2cc(Br)cc(C(=O)O)c2)C1. The van der Waals surface area contributed by atoms with Gasteiger partial charge >= 0.3 is 5.97 Å². The summed E-state index contributed by atoms with van der Waals surface area (Å²) in [5.74, 6) is 0.271. The van der Waals surface area contributed by atoms with Crippen LogP contribution < -0.4 is 5.32 Å². The Morgan fingerprint density at radius 3 is 2.95 bits per heavy atom.